The van der Waals surface area contributed by atoms with Gasteiger partial charge in [0.25, 0.3) is 0 Å². The molecule has 0 fully saturated rings. The molecule has 0 aromatic heterocycles. The first-order valence-electron chi connectivity index (χ1n) is 4.83. The Hall–Kier alpha value is -1.14. The van der Waals surface area contributed by atoms with Gasteiger partial charge >= 0.3 is 11.9 Å². The van der Waals surface area contributed by atoms with Gasteiger partial charge in [-0.25, -0.2) is 0 Å². The lowest BCUT2D eigenvalue weighted by Gasteiger charge is -1.99. The maximum atomic E-state index is 10.2. The lowest BCUT2D eigenvalue weighted by molar-refractivity contribution is -0.143. The van der Waals surface area contributed by atoms with Crippen LogP contribution in [0.4, 0.5) is 0 Å². The Balaban J connectivity index is 0. The summed E-state index contributed by atoms with van der Waals surface area (Å²) in [5.41, 5.74) is 0. The summed E-state index contributed by atoms with van der Waals surface area (Å²) in [6.07, 6.45) is -1.03. The molecule has 2 N–H and O–H groups in total. The van der Waals surface area contributed by atoms with Gasteiger partial charge < -0.3 is 19.7 Å². The molecule has 16 heavy (non-hydrogen) atoms. The molecule has 0 amide bonds. The molecule has 0 aliphatic rings. The number of methoxy groups -OCH3 is 2. The van der Waals surface area contributed by atoms with Crippen molar-refractivity contribution in [1.29, 1.82) is 0 Å². The van der Waals surface area contributed by atoms with Gasteiger partial charge in [0.05, 0.1) is 39.3 Å². The quantitative estimate of drug-likeness (QED) is 0.660. The number of aliphatic hydroxyl groups excluding tert-OH is 2. The van der Waals surface area contributed by atoms with Crippen LogP contribution in [0.5, 0.6) is 0 Å². The largest absolute Gasteiger partial charge is 0.469 e. The molecule has 0 spiro atoms. The highest BCUT2D eigenvalue weighted by atomic mass is 16.5. The van der Waals surface area contributed by atoms with Crippen LogP contribution in [0.25, 0.3) is 0 Å². The van der Waals surface area contributed by atoms with Gasteiger partial charge in [0.2, 0.25) is 0 Å². The van der Waals surface area contributed by atoms with Gasteiger partial charge in [-0.15, -0.1) is 0 Å². The van der Waals surface area contributed by atoms with Gasteiger partial charge in [-0.05, 0) is 13.8 Å². The van der Waals surface area contributed by atoms with Crippen molar-refractivity contribution in [2.75, 3.05) is 14.2 Å². The minimum atomic E-state index is -0.595. The summed E-state index contributed by atoms with van der Waals surface area (Å²) in [5, 5.41) is 17.1. The van der Waals surface area contributed by atoms with Crippen LogP contribution in [0, 0.1) is 0 Å². The van der Waals surface area contributed by atoms with E-state index in [2.05, 4.69) is 9.47 Å². The van der Waals surface area contributed by atoms with Crippen molar-refractivity contribution in [1.82, 2.24) is 0 Å². The van der Waals surface area contributed by atoms with E-state index in [0.717, 1.165) is 0 Å². The number of ether oxygens (including phenoxy) is 2. The first-order valence-corrected chi connectivity index (χ1v) is 4.83. The molecule has 0 aliphatic heterocycles. The summed E-state index contributed by atoms with van der Waals surface area (Å²) in [6, 6.07) is 0. The number of carbonyl (C=O) groups excluding carboxylic acids is 2. The molecule has 6 heteroatoms. The number of hydrogen-bond acceptors (Lipinski definition) is 6. The van der Waals surface area contributed by atoms with Crippen molar-refractivity contribution in [2.24, 2.45) is 0 Å². The Labute approximate surface area is 95.2 Å². The van der Waals surface area contributed by atoms with E-state index in [1.54, 1.807) is 0 Å². The third kappa shape index (κ3) is 15.3. The highest BCUT2D eigenvalue weighted by Gasteiger charge is 2.03. The Bertz CT molecular complexity index is 177. The summed E-state index contributed by atoms with van der Waals surface area (Å²) in [4.78, 5) is 20.5. The molecular weight excluding hydrogens is 216 g/mol. The topological polar surface area (TPSA) is 93.1 Å². The third-order valence-corrected chi connectivity index (χ3v) is 1.38. The van der Waals surface area contributed by atoms with Crippen LogP contribution >= 0.6 is 0 Å². The molecule has 0 saturated carbocycles. The smallest absolute Gasteiger partial charge is 0.308 e. The van der Waals surface area contributed by atoms with Crippen molar-refractivity contribution in [3.8, 4) is 0 Å². The molecular formula is C10H20O6. The predicted octanol–water partition coefficient (Wildman–Crippen LogP) is -0.139. The number of aliphatic hydroxyl groups is 2. The maximum Gasteiger partial charge on any atom is 0.308 e. The zero-order valence-corrected chi connectivity index (χ0v) is 10.1. The molecule has 2 unspecified atom stereocenters. The Morgan fingerprint density at radius 2 is 1.19 bits per heavy atom. The molecule has 0 aromatic rings. The molecule has 0 heterocycles. The highest BCUT2D eigenvalue weighted by Crippen LogP contribution is 1.90. The van der Waals surface area contributed by atoms with Crippen LogP contribution in [0.2, 0.25) is 0 Å². The maximum absolute atomic E-state index is 10.2. The first kappa shape index (κ1) is 17.3. The van der Waals surface area contributed by atoms with Crippen molar-refractivity contribution in [3.05, 3.63) is 0 Å². The molecule has 0 aliphatic carbocycles. The van der Waals surface area contributed by atoms with E-state index in [4.69, 9.17) is 10.2 Å². The average molecular weight is 236 g/mol. The van der Waals surface area contributed by atoms with Gasteiger partial charge in [0.15, 0.2) is 0 Å². The van der Waals surface area contributed by atoms with Crippen LogP contribution < -0.4 is 0 Å². The van der Waals surface area contributed by atoms with Crippen molar-refractivity contribution in [3.63, 3.8) is 0 Å². The zero-order chi connectivity index (χ0) is 13.1. The normalized spacial score (nSPS) is 12.9. The molecule has 0 rings (SSSR count). The summed E-state index contributed by atoms with van der Waals surface area (Å²) in [7, 11) is 2.59. The summed E-state index contributed by atoms with van der Waals surface area (Å²) in [6.45, 7) is 3.08. The molecule has 6 nitrogen and oxygen atoms in total. The fraction of sp³-hybridized carbons (Fsp3) is 0.800. The van der Waals surface area contributed by atoms with E-state index < -0.39 is 12.2 Å². The molecule has 0 bridgehead atoms. The Kier molecular flexibility index (Phi) is 11.2. The second kappa shape index (κ2) is 10.4. The van der Waals surface area contributed by atoms with E-state index in [0.29, 0.717) is 0 Å². The van der Waals surface area contributed by atoms with Crippen LogP contribution in [0.1, 0.15) is 26.7 Å². The van der Waals surface area contributed by atoms with E-state index in [-0.39, 0.29) is 24.8 Å². The lowest BCUT2D eigenvalue weighted by atomic mass is 10.3. The van der Waals surface area contributed by atoms with E-state index in [1.807, 2.05) is 0 Å². The number of carbonyl (C=O) groups is 2. The van der Waals surface area contributed by atoms with Gasteiger partial charge in [-0.2, -0.15) is 0 Å². The number of esters is 2. The van der Waals surface area contributed by atoms with Crippen molar-refractivity contribution < 1.29 is 29.3 Å². The van der Waals surface area contributed by atoms with Crippen molar-refractivity contribution in [2.45, 2.75) is 38.9 Å². The monoisotopic (exact) mass is 236 g/mol. The standard InChI is InChI=1S/2C5H10O3/c2*1-4(6)3-5(7)8-2/h2*4,6H,3H2,1-2H3. The summed E-state index contributed by atoms with van der Waals surface area (Å²) < 4.78 is 8.52. The average Bonchev–Trinajstić information content (AvgIpc) is 2.16. The SMILES string of the molecule is COC(=O)CC(C)O.COC(=O)CC(C)O. The Morgan fingerprint density at radius 1 is 0.938 bits per heavy atom. The lowest BCUT2D eigenvalue weighted by Crippen LogP contribution is -2.10. The van der Waals surface area contributed by atoms with Crippen LogP contribution in [-0.4, -0.2) is 48.6 Å². The van der Waals surface area contributed by atoms with Gasteiger partial charge in [0.1, 0.15) is 0 Å². The van der Waals surface area contributed by atoms with Gasteiger partial charge in [-0.1, -0.05) is 0 Å². The summed E-state index contributed by atoms with van der Waals surface area (Å²) in [5.74, 6) is -0.750. The second-order valence-electron chi connectivity index (χ2n) is 3.26. The number of rotatable bonds is 4. The van der Waals surface area contributed by atoms with E-state index in [1.165, 1.54) is 28.1 Å². The fourth-order valence-corrected chi connectivity index (χ4v) is 0.649. The number of hydrogen-bond donors (Lipinski definition) is 2. The molecule has 2 atom stereocenters. The van der Waals surface area contributed by atoms with E-state index in [9.17, 15) is 9.59 Å². The molecule has 96 valence electrons. The molecule has 0 radical (unpaired) electrons. The van der Waals surface area contributed by atoms with Crippen LogP contribution in [0.15, 0.2) is 0 Å². The first-order chi connectivity index (χ1) is 7.33. The molecule has 0 aromatic carbocycles. The fourth-order valence-electron chi connectivity index (χ4n) is 0.649. The van der Waals surface area contributed by atoms with Crippen LogP contribution in [0.3, 0.4) is 0 Å². The predicted molar refractivity (Wildman–Crippen MR) is 56.6 cm³/mol. The van der Waals surface area contributed by atoms with Crippen LogP contribution in [-0.2, 0) is 19.1 Å². The zero-order valence-electron chi connectivity index (χ0n) is 10.1. The van der Waals surface area contributed by atoms with E-state index >= 15 is 0 Å². The Morgan fingerprint density at radius 3 is 1.25 bits per heavy atom. The highest BCUT2D eigenvalue weighted by molar-refractivity contribution is 5.69. The second-order valence-corrected chi connectivity index (χ2v) is 3.26. The summed E-state index contributed by atoms with van der Waals surface area (Å²) >= 11 is 0. The minimum absolute atomic E-state index is 0.0799. The minimum Gasteiger partial charge on any atom is -0.469 e. The van der Waals surface area contributed by atoms with Gasteiger partial charge in [0, 0.05) is 0 Å². The third-order valence-electron chi connectivity index (χ3n) is 1.38. The van der Waals surface area contributed by atoms with Crippen molar-refractivity contribution >= 4 is 11.9 Å². The molecule has 0 saturated heterocycles. The van der Waals surface area contributed by atoms with Gasteiger partial charge in [-0.3, -0.25) is 9.59 Å².